The fraction of sp³-hybridized carbons (Fsp3) is 0.440. The zero-order chi connectivity index (χ0) is 22.5. The Hall–Kier alpha value is -2.93. The molecule has 2 heterocycles. The van der Waals surface area contributed by atoms with Crippen LogP contribution in [0.2, 0.25) is 0 Å². The number of hydrogen-bond donors (Lipinski definition) is 1. The molecule has 6 nitrogen and oxygen atoms in total. The summed E-state index contributed by atoms with van der Waals surface area (Å²) in [4.78, 5) is 29.5. The molecule has 2 aliphatic rings. The van der Waals surface area contributed by atoms with Crippen molar-refractivity contribution in [1.82, 2.24) is 9.80 Å². The molecular formula is C25H30FN3O3. The third kappa shape index (κ3) is 4.93. The molecule has 0 spiro atoms. The molecule has 4 rings (SSSR count). The number of nitrogens with one attached hydrogen (secondary N) is 1. The number of rotatable bonds is 5. The third-order valence-electron chi connectivity index (χ3n) is 6.43. The van der Waals surface area contributed by atoms with Crippen LogP contribution in [0.15, 0.2) is 48.5 Å². The molecule has 0 aromatic heterocycles. The summed E-state index contributed by atoms with van der Waals surface area (Å²) in [7, 11) is 1.66. The molecule has 2 aromatic rings. The van der Waals surface area contributed by atoms with Gasteiger partial charge in [-0.05, 0) is 49.4 Å². The normalized spacial score (nSPS) is 19.2. The monoisotopic (exact) mass is 439 g/mol. The van der Waals surface area contributed by atoms with Gasteiger partial charge in [0.25, 0.3) is 0 Å². The van der Waals surface area contributed by atoms with Crippen LogP contribution in [0.25, 0.3) is 11.1 Å². The highest BCUT2D eigenvalue weighted by atomic mass is 19.1. The van der Waals surface area contributed by atoms with Crippen molar-refractivity contribution in [2.45, 2.75) is 31.7 Å². The first-order valence-corrected chi connectivity index (χ1v) is 11.3. The molecule has 170 valence electrons. The van der Waals surface area contributed by atoms with Gasteiger partial charge in [-0.2, -0.15) is 0 Å². The molecule has 2 aromatic carbocycles. The first-order valence-electron chi connectivity index (χ1n) is 11.3. The highest BCUT2D eigenvalue weighted by Gasteiger charge is 2.34. The van der Waals surface area contributed by atoms with Crippen molar-refractivity contribution in [1.29, 1.82) is 0 Å². The first-order chi connectivity index (χ1) is 15.6. The topological polar surface area (TPSA) is 61.9 Å². The van der Waals surface area contributed by atoms with Crippen molar-refractivity contribution in [3.05, 3.63) is 54.3 Å². The van der Waals surface area contributed by atoms with Crippen LogP contribution in [0.5, 0.6) is 0 Å². The molecule has 0 bridgehead atoms. The fourth-order valence-corrected chi connectivity index (χ4v) is 4.67. The second-order valence-corrected chi connectivity index (χ2v) is 8.54. The number of hydrogen-bond acceptors (Lipinski definition) is 3. The van der Waals surface area contributed by atoms with E-state index >= 15 is 0 Å². The van der Waals surface area contributed by atoms with Crippen molar-refractivity contribution >= 4 is 17.6 Å². The SMILES string of the molecule is COC[C@@H]1CCCN1C(=O)N1CCC(C(=O)Nc2cccc(-c3ccccc3F)c2)CC1. The Kier molecular flexibility index (Phi) is 7.05. The minimum Gasteiger partial charge on any atom is -0.383 e. The van der Waals surface area contributed by atoms with Crippen LogP contribution in [-0.4, -0.2) is 61.1 Å². The fourth-order valence-electron chi connectivity index (χ4n) is 4.67. The molecule has 32 heavy (non-hydrogen) atoms. The largest absolute Gasteiger partial charge is 0.383 e. The van der Waals surface area contributed by atoms with E-state index in [2.05, 4.69) is 5.32 Å². The second-order valence-electron chi connectivity index (χ2n) is 8.54. The number of urea groups is 1. The molecule has 2 saturated heterocycles. The zero-order valence-corrected chi connectivity index (χ0v) is 18.4. The zero-order valence-electron chi connectivity index (χ0n) is 18.4. The van der Waals surface area contributed by atoms with E-state index in [-0.39, 0.29) is 29.7 Å². The third-order valence-corrected chi connectivity index (χ3v) is 6.43. The average Bonchev–Trinajstić information content (AvgIpc) is 3.28. The van der Waals surface area contributed by atoms with Crippen LogP contribution in [0, 0.1) is 11.7 Å². The lowest BCUT2D eigenvalue weighted by Crippen LogP contribution is -2.50. The Labute approximate surface area is 188 Å². The number of halogens is 1. The summed E-state index contributed by atoms with van der Waals surface area (Å²) in [6.45, 7) is 2.48. The quantitative estimate of drug-likeness (QED) is 0.752. The maximum Gasteiger partial charge on any atom is 0.320 e. The van der Waals surface area contributed by atoms with Crippen LogP contribution >= 0.6 is 0 Å². The Balaban J connectivity index is 1.33. The van der Waals surface area contributed by atoms with Crippen molar-refractivity contribution in [2.75, 3.05) is 38.7 Å². The van der Waals surface area contributed by atoms with E-state index in [1.54, 1.807) is 31.4 Å². The summed E-state index contributed by atoms with van der Waals surface area (Å²) in [5, 5.41) is 2.97. The molecule has 2 fully saturated rings. The van der Waals surface area contributed by atoms with Crippen molar-refractivity contribution in [3.63, 3.8) is 0 Å². The first kappa shape index (κ1) is 22.3. The Morgan fingerprint density at radius 2 is 1.84 bits per heavy atom. The average molecular weight is 440 g/mol. The molecule has 1 atom stereocenters. The van der Waals surface area contributed by atoms with Gasteiger partial charge in [-0.3, -0.25) is 4.79 Å². The Morgan fingerprint density at radius 1 is 1.06 bits per heavy atom. The minimum absolute atomic E-state index is 0.0544. The summed E-state index contributed by atoms with van der Waals surface area (Å²) in [6.07, 6.45) is 3.25. The van der Waals surface area contributed by atoms with Crippen molar-refractivity contribution in [3.8, 4) is 11.1 Å². The lowest BCUT2D eigenvalue weighted by Gasteiger charge is -2.36. The number of methoxy groups -OCH3 is 1. The number of anilines is 1. The minimum atomic E-state index is -0.293. The van der Waals surface area contributed by atoms with Gasteiger partial charge >= 0.3 is 6.03 Å². The van der Waals surface area contributed by atoms with Gasteiger partial charge < -0.3 is 19.9 Å². The second kappa shape index (κ2) is 10.1. The molecule has 0 aliphatic carbocycles. The highest BCUT2D eigenvalue weighted by Crippen LogP contribution is 2.27. The van der Waals surface area contributed by atoms with Gasteiger partial charge in [-0.15, -0.1) is 0 Å². The van der Waals surface area contributed by atoms with Crippen molar-refractivity contribution in [2.24, 2.45) is 5.92 Å². The van der Waals surface area contributed by atoms with Gasteiger partial charge in [0.2, 0.25) is 5.91 Å². The maximum atomic E-state index is 14.1. The number of amides is 3. The van der Waals surface area contributed by atoms with E-state index in [1.165, 1.54) is 6.07 Å². The molecule has 3 amide bonds. The standard InChI is InChI=1S/C25H30FN3O3/c1-32-17-21-8-5-13-29(21)25(31)28-14-11-18(12-15-28)24(30)27-20-7-4-6-19(16-20)22-9-2-3-10-23(22)26/h2-4,6-7,9-10,16,18,21H,5,8,11-15,17H2,1H3,(H,27,30)/t21-/m0/s1. The van der Waals surface area contributed by atoms with Gasteiger partial charge in [0.05, 0.1) is 12.6 Å². The van der Waals surface area contributed by atoms with E-state index in [9.17, 15) is 14.0 Å². The molecule has 1 N–H and O–H groups in total. The summed E-state index contributed by atoms with van der Waals surface area (Å²) in [5.74, 6) is -0.496. The Bertz CT molecular complexity index is 959. The van der Waals surface area contributed by atoms with Crippen LogP contribution in [0.1, 0.15) is 25.7 Å². The summed E-state index contributed by atoms with van der Waals surface area (Å²) in [6, 6.07) is 14.0. The lowest BCUT2D eigenvalue weighted by molar-refractivity contribution is -0.121. The van der Waals surface area contributed by atoms with Crippen LogP contribution in [0.3, 0.4) is 0 Å². The van der Waals surface area contributed by atoms with Gasteiger partial charge in [0.15, 0.2) is 0 Å². The van der Waals surface area contributed by atoms with Gasteiger partial charge in [0, 0.05) is 43.9 Å². The van der Waals surface area contributed by atoms with E-state index in [4.69, 9.17) is 4.74 Å². The van der Waals surface area contributed by atoms with E-state index < -0.39 is 0 Å². The van der Waals surface area contributed by atoms with Crippen LogP contribution < -0.4 is 5.32 Å². The van der Waals surface area contributed by atoms with Crippen LogP contribution in [0.4, 0.5) is 14.9 Å². The number of piperidine rings is 1. The highest BCUT2D eigenvalue weighted by molar-refractivity contribution is 5.93. The summed E-state index contributed by atoms with van der Waals surface area (Å²) in [5.41, 5.74) is 1.87. The number of nitrogens with zero attached hydrogens (tertiary/aromatic N) is 2. The molecule has 0 saturated carbocycles. The van der Waals surface area contributed by atoms with Crippen LogP contribution in [-0.2, 0) is 9.53 Å². The van der Waals surface area contributed by atoms with E-state index in [0.29, 0.717) is 43.8 Å². The number of carbonyl (C=O) groups is 2. The number of ether oxygens (including phenoxy) is 1. The molecule has 0 radical (unpaired) electrons. The molecule has 7 heteroatoms. The van der Waals surface area contributed by atoms with Gasteiger partial charge in [-0.25, -0.2) is 9.18 Å². The van der Waals surface area contributed by atoms with Gasteiger partial charge in [0.1, 0.15) is 5.82 Å². The smallest absolute Gasteiger partial charge is 0.320 e. The lowest BCUT2D eigenvalue weighted by atomic mass is 9.95. The predicted octanol–water partition coefficient (Wildman–Crippen LogP) is 4.37. The molecule has 0 unspecified atom stereocenters. The molecule has 2 aliphatic heterocycles. The number of carbonyl (C=O) groups excluding carboxylic acids is 2. The summed E-state index contributed by atoms with van der Waals surface area (Å²) >= 11 is 0. The maximum absolute atomic E-state index is 14.1. The van der Waals surface area contributed by atoms with E-state index in [1.807, 2.05) is 28.0 Å². The number of likely N-dealkylation sites (tertiary alicyclic amines) is 2. The molecular weight excluding hydrogens is 409 g/mol. The van der Waals surface area contributed by atoms with Crippen molar-refractivity contribution < 1.29 is 18.7 Å². The van der Waals surface area contributed by atoms with Gasteiger partial charge in [-0.1, -0.05) is 30.3 Å². The number of benzene rings is 2. The summed E-state index contributed by atoms with van der Waals surface area (Å²) < 4.78 is 19.4. The Morgan fingerprint density at radius 3 is 2.59 bits per heavy atom. The van der Waals surface area contributed by atoms with E-state index in [0.717, 1.165) is 24.9 Å². The predicted molar refractivity (Wildman–Crippen MR) is 122 cm³/mol.